The second-order valence-electron chi connectivity index (χ2n) is 4.05. The number of aliphatic hydroxyl groups excluding tert-OH is 1. The first-order valence-electron chi connectivity index (χ1n) is 5.27. The van der Waals surface area contributed by atoms with Crippen LogP contribution in [0.15, 0.2) is 0 Å². The summed E-state index contributed by atoms with van der Waals surface area (Å²) in [6.45, 7) is 5.72. The molecule has 0 bridgehead atoms. The van der Waals surface area contributed by atoms with Gasteiger partial charge in [-0.15, -0.1) is 0 Å². The minimum atomic E-state index is -1.18. The van der Waals surface area contributed by atoms with E-state index in [2.05, 4.69) is 10.6 Å². The molecule has 0 fully saturated rings. The molecular weight excluding hydrogens is 196 g/mol. The smallest absolute Gasteiger partial charge is 0.236 e. The summed E-state index contributed by atoms with van der Waals surface area (Å²) in [5.41, 5.74) is -1.18. The van der Waals surface area contributed by atoms with E-state index in [9.17, 15) is 9.90 Å². The molecule has 1 amide bonds. The third-order valence-corrected chi connectivity index (χ3v) is 2.07. The molecule has 2 unspecified atom stereocenters. The normalized spacial score (nSPS) is 16.9. The highest BCUT2D eigenvalue weighted by atomic mass is 16.3. The van der Waals surface area contributed by atoms with Crippen molar-refractivity contribution in [1.29, 1.82) is 0 Å². The van der Waals surface area contributed by atoms with E-state index in [4.69, 9.17) is 5.11 Å². The van der Waals surface area contributed by atoms with Gasteiger partial charge in [-0.3, -0.25) is 4.79 Å². The van der Waals surface area contributed by atoms with Crippen molar-refractivity contribution in [3.8, 4) is 0 Å². The van der Waals surface area contributed by atoms with Gasteiger partial charge in [0, 0.05) is 13.1 Å². The Bertz CT molecular complexity index is 195. The Kier molecular flexibility index (Phi) is 6.47. The van der Waals surface area contributed by atoms with Crippen LogP contribution in [0.5, 0.6) is 0 Å². The van der Waals surface area contributed by atoms with Gasteiger partial charge in [-0.05, 0) is 20.3 Å². The Morgan fingerprint density at radius 2 is 2.13 bits per heavy atom. The zero-order valence-corrected chi connectivity index (χ0v) is 9.71. The Hall–Kier alpha value is -0.650. The van der Waals surface area contributed by atoms with Crippen molar-refractivity contribution >= 4 is 5.91 Å². The fourth-order valence-corrected chi connectivity index (χ4v) is 0.923. The molecule has 0 aromatic heterocycles. The van der Waals surface area contributed by atoms with Crippen molar-refractivity contribution in [1.82, 2.24) is 10.6 Å². The van der Waals surface area contributed by atoms with Crippen molar-refractivity contribution in [2.75, 3.05) is 19.7 Å². The first kappa shape index (κ1) is 14.3. The molecule has 0 aliphatic rings. The lowest BCUT2D eigenvalue weighted by Crippen LogP contribution is -2.49. The summed E-state index contributed by atoms with van der Waals surface area (Å²) in [4.78, 5) is 11.4. The highest BCUT2D eigenvalue weighted by Crippen LogP contribution is 1.99. The number of nitrogens with one attached hydrogen (secondary N) is 2. The largest absolute Gasteiger partial charge is 0.393 e. The van der Waals surface area contributed by atoms with Crippen LogP contribution in [0.3, 0.4) is 0 Å². The molecule has 0 rings (SSSR count). The third-order valence-electron chi connectivity index (χ3n) is 2.07. The van der Waals surface area contributed by atoms with E-state index < -0.39 is 5.60 Å². The van der Waals surface area contributed by atoms with Crippen molar-refractivity contribution in [2.45, 2.75) is 38.8 Å². The van der Waals surface area contributed by atoms with Gasteiger partial charge in [0.2, 0.25) is 5.91 Å². The zero-order valence-electron chi connectivity index (χ0n) is 9.71. The first-order valence-corrected chi connectivity index (χ1v) is 5.27. The molecule has 0 aromatic carbocycles. The maximum Gasteiger partial charge on any atom is 0.236 e. The van der Waals surface area contributed by atoms with E-state index in [1.807, 2.05) is 6.92 Å². The SMILES string of the molecule is CCCNC(=O)C(C)NCC(C)(O)CO. The van der Waals surface area contributed by atoms with Crippen LogP contribution in [0.2, 0.25) is 0 Å². The van der Waals surface area contributed by atoms with E-state index in [-0.39, 0.29) is 25.1 Å². The molecule has 0 aliphatic carbocycles. The molecule has 15 heavy (non-hydrogen) atoms. The summed E-state index contributed by atoms with van der Waals surface area (Å²) in [5.74, 6) is -0.0920. The van der Waals surface area contributed by atoms with Gasteiger partial charge in [-0.25, -0.2) is 0 Å². The van der Waals surface area contributed by atoms with Gasteiger partial charge in [0.25, 0.3) is 0 Å². The number of aliphatic hydroxyl groups is 2. The van der Waals surface area contributed by atoms with Gasteiger partial charge < -0.3 is 20.8 Å². The quantitative estimate of drug-likeness (QED) is 0.452. The molecular formula is C10H22N2O3. The van der Waals surface area contributed by atoms with Crippen LogP contribution in [0, 0.1) is 0 Å². The van der Waals surface area contributed by atoms with Crippen LogP contribution in [0.1, 0.15) is 27.2 Å². The summed E-state index contributed by atoms with van der Waals surface area (Å²) < 4.78 is 0. The molecule has 0 heterocycles. The highest BCUT2D eigenvalue weighted by Gasteiger charge is 2.21. The molecule has 5 heteroatoms. The fourth-order valence-electron chi connectivity index (χ4n) is 0.923. The molecule has 0 aromatic rings. The van der Waals surface area contributed by atoms with Gasteiger partial charge in [0.05, 0.1) is 18.2 Å². The summed E-state index contributed by atoms with van der Waals surface area (Å²) in [6, 6.07) is -0.366. The number of carbonyl (C=O) groups is 1. The first-order chi connectivity index (χ1) is 6.93. The number of hydrogen-bond donors (Lipinski definition) is 4. The summed E-state index contributed by atoms with van der Waals surface area (Å²) in [6.07, 6.45) is 0.896. The van der Waals surface area contributed by atoms with E-state index in [1.165, 1.54) is 6.92 Å². The van der Waals surface area contributed by atoms with Crippen LogP contribution in [-0.4, -0.2) is 47.5 Å². The van der Waals surface area contributed by atoms with E-state index in [1.54, 1.807) is 6.92 Å². The topological polar surface area (TPSA) is 81.6 Å². The zero-order chi connectivity index (χ0) is 11.9. The standard InChI is InChI=1S/C10H22N2O3/c1-4-5-11-9(14)8(2)12-6-10(3,15)7-13/h8,12-13,15H,4-7H2,1-3H3,(H,11,14). The maximum atomic E-state index is 11.4. The third kappa shape index (κ3) is 6.43. The van der Waals surface area contributed by atoms with Crippen LogP contribution in [0.25, 0.3) is 0 Å². The number of rotatable bonds is 7. The lowest BCUT2D eigenvalue weighted by molar-refractivity contribution is -0.123. The minimum absolute atomic E-state index is 0.0920. The lowest BCUT2D eigenvalue weighted by atomic mass is 10.1. The van der Waals surface area contributed by atoms with Crippen molar-refractivity contribution in [3.05, 3.63) is 0 Å². The molecule has 0 saturated carbocycles. The molecule has 2 atom stereocenters. The average molecular weight is 218 g/mol. The number of hydrogen-bond acceptors (Lipinski definition) is 4. The molecule has 4 N–H and O–H groups in total. The monoisotopic (exact) mass is 218 g/mol. The second-order valence-corrected chi connectivity index (χ2v) is 4.05. The average Bonchev–Trinajstić information content (AvgIpc) is 2.22. The van der Waals surface area contributed by atoms with Crippen LogP contribution >= 0.6 is 0 Å². The summed E-state index contributed by atoms with van der Waals surface area (Å²) in [5, 5.41) is 23.9. The summed E-state index contributed by atoms with van der Waals surface area (Å²) in [7, 11) is 0. The van der Waals surface area contributed by atoms with Crippen LogP contribution < -0.4 is 10.6 Å². The van der Waals surface area contributed by atoms with Crippen molar-refractivity contribution in [3.63, 3.8) is 0 Å². The van der Waals surface area contributed by atoms with E-state index in [0.29, 0.717) is 6.54 Å². The van der Waals surface area contributed by atoms with E-state index >= 15 is 0 Å². The Labute approximate surface area is 90.9 Å². The van der Waals surface area contributed by atoms with E-state index in [0.717, 1.165) is 6.42 Å². The van der Waals surface area contributed by atoms with Gasteiger partial charge in [-0.2, -0.15) is 0 Å². The molecule has 0 radical (unpaired) electrons. The van der Waals surface area contributed by atoms with Gasteiger partial charge in [0.1, 0.15) is 0 Å². The molecule has 0 saturated heterocycles. The molecule has 0 aliphatic heterocycles. The number of carbonyl (C=O) groups excluding carboxylic acids is 1. The minimum Gasteiger partial charge on any atom is -0.393 e. The number of amides is 1. The Morgan fingerprint density at radius 3 is 2.60 bits per heavy atom. The fraction of sp³-hybridized carbons (Fsp3) is 0.900. The second kappa shape index (κ2) is 6.76. The van der Waals surface area contributed by atoms with Gasteiger partial charge in [-0.1, -0.05) is 6.92 Å². The highest BCUT2D eigenvalue weighted by molar-refractivity contribution is 5.81. The molecule has 0 spiro atoms. The van der Waals surface area contributed by atoms with Crippen LogP contribution in [-0.2, 0) is 4.79 Å². The predicted octanol–water partition coefficient (Wildman–Crippen LogP) is -0.766. The lowest BCUT2D eigenvalue weighted by Gasteiger charge is -2.23. The molecule has 5 nitrogen and oxygen atoms in total. The van der Waals surface area contributed by atoms with Gasteiger partial charge in [0.15, 0.2) is 0 Å². The molecule has 90 valence electrons. The van der Waals surface area contributed by atoms with Crippen molar-refractivity contribution < 1.29 is 15.0 Å². The summed E-state index contributed by atoms with van der Waals surface area (Å²) >= 11 is 0. The van der Waals surface area contributed by atoms with Crippen LogP contribution in [0.4, 0.5) is 0 Å². The Morgan fingerprint density at radius 1 is 1.53 bits per heavy atom. The maximum absolute atomic E-state index is 11.4. The predicted molar refractivity (Wildman–Crippen MR) is 58.5 cm³/mol. The van der Waals surface area contributed by atoms with Crippen molar-refractivity contribution in [2.24, 2.45) is 0 Å². The Balaban J connectivity index is 3.82. The van der Waals surface area contributed by atoms with Gasteiger partial charge >= 0.3 is 0 Å².